The van der Waals surface area contributed by atoms with Gasteiger partial charge >= 0.3 is 5.97 Å². The highest BCUT2D eigenvalue weighted by atomic mass is 16.5. The molecule has 0 aromatic carbocycles. The molecule has 4 heteroatoms. The molecule has 27 heavy (non-hydrogen) atoms. The van der Waals surface area contributed by atoms with Crippen LogP contribution < -0.4 is 0 Å². The van der Waals surface area contributed by atoms with Gasteiger partial charge in [-0.1, -0.05) is 13.8 Å². The Kier molecular flexibility index (Phi) is 4.53. The van der Waals surface area contributed by atoms with Crippen molar-refractivity contribution in [3.05, 3.63) is 0 Å². The zero-order chi connectivity index (χ0) is 19.6. The van der Waals surface area contributed by atoms with Crippen molar-refractivity contribution in [3.63, 3.8) is 0 Å². The van der Waals surface area contributed by atoms with Crippen molar-refractivity contribution in [3.8, 4) is 0 Å². The first-order valence-corrected chi connectivity index (χ1v) is 11.0. The highest BCUT2D eigenvalue weighted by molar-refractivity contribution is 5.78. The fourth-order valence-corrected chi connectivity index (χ4v) is 7.95. The van der Waals surface area contributed by atoms with Gasteiger partial charge in [0.25, 0.3) is 0 Å². The van der Waals surface area contributed by atoms with Gasteiger partial charge in [0.05, 0.1) is 5.60 Å². The van der Waals surface area contributed by atoms with Crippen molar-refractivity contribution in [2.24, 2.45) is 34.5 Å². The van der Waals surface area contributed by atoms with Gasteiger partial charge in [-0.15, -0.1) is 0 Å². The summed E-state index contributed by atoms with van der Waals surface area (Å²) < 4.78 is 5.73. The van der Waals surface area contributed by atoms with Crippen LogP contribution in [0, 0.1) is 34.5 Å². The van der Waals surface area contributed by atoms with Crippen LogP contribution in [0.15, 0.2) is 0 Å². The molecular formula is C23H36O4. The second kappa shape index (κ2) is 6.30. The summed E-state index contributed by atoms with van der Waals surface area (Å²) in [6.07, 6.45) is 8.78. The minimum absolute atomic E-state index is 0.0355. The third kappa shape index (κ3) is 2.73. The molecular weight excluding hydrogens is 340 g/mol. The monoisotopic (exact) mass is 376 g/mol. The zero-order valence-corrected chi connectivity index (χ0v) is 17.4. The molecule has 0 aromatic heterocycles. The Morgan fingerprint density at radius 1 is 0.926 bits per heavy atom. The Balaban J connectivity index is 1.59. The number of Topliss-reactive ketones (excluding diaryl/α,β-unsaturated/α-hetero) is 1. The molecule has 4 fully saturated rings. The fourth-order valence-electron chi connectivity index (χ4n) is 7.95. The van der Waals surface area contributed by atoms with Gasteiger partial charge in [-0.2, -0.15) is 0 Å². The molecule has 0 unspecified atom stereocenters. The zero-order valence-electron chi connectivity index (χ0n) is 17.4. The van der Waals surface area contributed by atoms with E-state index in [1.54, 1.807) is 6.92 Å². The van der Waals surface area contributed by atoms with Gasteiger partial charge in [0.1, 0.15) is 11.9 Å². The predicted octanol–water partition coefficient (Wildman–Crippen LogP) is 4.28. The number of fused-ring (bicyclic) bond motifs is 5. The topological polar surface area (TPSA) is 63.6 Å². The molecule has 152 valence electrons. The Hall–Kier alpha value is -0.900. The van der Waals surface area contributed by atoms with E-state index in [9.17, 15) is 14.7 Å². The molecule has 4 aliphatic carbocycles. The van der Waals surface area contributed by atoms with E-state index >= 15 is 0 Å². The number of ether oxygens (including phenoxy) is 1. The molecule has 0 saturated heterocycles. The lowest BCUT2D eigenvalue weighted by molar-refractivity contribution is -0.215. The number of aliphatic hydroxyl groups is 1. The van der Waals surface area contributed by atoms with Crippen molar-refractivity contribution in [1.82, 2.24) is 0 Å². The van der Waals surface area contributed by atoms with Gasteiger partial charge in [-0.05, 0) is 87.9 Å². The summed E-state index contributed by atoms with van der Waals surface area (Å²) in [7, 11) is 0. The van der Waals surface area contributed by atoms with E-state index in [0.29, 0.717) is 24.2 Å². The summed E-state index contributed by atoms with van der Waals surface area (Å²) in [5, 5.41) is 11.7. The molecule has 4 aliphatic rings. The summed E-state index contributed by atoms with van der Waals surface area (Å²) in [6.45, 7) is 7.85. The molecule has 0 bridgehead atoms. The van der Waals surface area contributed by atoms with Gasteiger partial charge in [0.2, 0.25) is 0 Å². The molecule has 0 aliphatic heterocycles. The molecule has 1 N–H and O–H groups in total. The first-order chi connectivity index (χ1) is 12.6. The summed E-state index contributed by atoms with van der Waals surface area (Å²) in [5.74, 6) is 1.85. The normalized spacial score (nSPS) is 51.7. The summed E-state index contributed by atoms with van der Waals surface area (Å²) in [5.41, 5.74) is -0.678. The molecule has 0 radical (unpaired) electrons. The number of carbonyl (C=O) groups is 2. The van der Waals surface area contributed by atoms with Crippen LogP contribution in [0.25, 0.3) is 0 Å². The summed E-state index contributed by atoms with van der Waals surface area (Å²) in [6, 6.07) is 0. The third-order valence-corrected chi connectivity index (χ3v) is 9.60. The number of ketones is 1. The molecule has 4 saturated carbocycles. The highest BCUT2D eigenvalue weighted by Gasteiger charge is 2.65. The van der Waals surface area contributed by atoms with Gasteiger partial charge in [-0.3, -0.25) is 9.59 Å². The first kappa shape index (κ1) is 19.4. The standard InChI is InChI=1S/C23H36O4/c1-14(24)16-7-11-22(4)19-9-10-21(3)18(5-6-20(21)27-15(2)25)17(19)8-12-23(22,26)13-16/h16-20,26H,5-13H2,1-4H3/t16-,17+,18+,19+,20+,21+,22-,23-/m1/s1. The maximum Gasteiger partial charge on any atom is 0.302 e. The maximum atomic E-state index is 12.0. The lowest BCUT2D eigenvalue weighted by Crippen LogP contribution is -2.62. The Bertz CT molecular complexity index is 644. The number of hydrogen-bond acceptors (Lipinski definition) is 4. The van der Waals surface area contributed by atoms with Gasteiger partial charge in [0.15, 0.2) is 0 Å². The average Bonchev–Trinajstić information content (AvgIpc) is 2.91. The van der Waals surface area contributed by atoms with Crippen molar-refractivity contribution in [2.45, 2.75) is 97.2 Å². The number of hydrogen-bond donors (Lipinski definition) is 1. The maximum absolute atomic E-state index is 12.0. The third-order valence-electron chi connectivity index (χ3n) is 9.60. The lowest BCUT2D eigenvalue weighted by Gasteiger charge is -2.64. The van der Waals surface area contributed by atoms with E-state index in [1.807, 2.05) is 0 Å². The van der Waals surface area contributed by atoms with Crippen LogP contribution in [0.1, 0.15) is 85.5 Å². The van der Waals surface area contributed by atoms with Crippen molar-refractivity contribution >= 4 is 11.8 Å². The summed E-state index contributed by atoms with van der Waals surface area (Å²) >= 11 is 0. The quantitative estimate of drug-likeness (QED) is 0.731. The highest BCUT2D eigenvalue weighted by Crippen LogP contribution is 2.68. The molecule has 4 nitrogen and oxygen atoms in total. The van der Waals surface area contributed by atoms with Gasteiger partial charge in [-0.25, -0.2) is 0 Å². The van der Waals surface area contributed by atoms with Crippen LogP contribution in [0.4, 0.5) is 0 Å². The largest absolute Gasteiger partial charge is 0.462 e. The van der Waals surface area contributed by atoms with Crippen LogP contribution >= 0.6 is 0 Å². The van der Waals surface area contributed by atoms with Crippen molar-refractivity contribution < 1.29 is 19.4 Å². The van der Waals surface area contributed by atoms with Crippen LogP contribution in [0.5, 0.6) is 0 Å². The van der Waals surface area contributed by atoms with E-state index in [4.69, 9.17) is 4.74 Å². The molecule has 0 heterocycles. The SMILES string of the molecule is CC(=O)O[C@H]1CC[C@H]2[C@@H]3CC[C@@]4(O)C[C@H](C(C)=O)CC[C@]4(C)[C@H]3CC[C@]12C. The average molecular weight is 377 g/mol. The molecule has 0 amide bonds. The van der Waals surface area contributed by atoms with Crippen LogP contribution in [-0.2, 0) is 14.3 Å². The number of carbonyl (C=O) groups excluding carboxylic acids is 2. The van der Waals surface area contributed by atoms with Crippen LogP contribution in [0.2, 0.25) is 0 Å². The van der Waals surface area contributed by atoms with E-state index < -0.39 is 5.60 Å². The summed E-state index contributed by atoms with van der Waals surface area (Å²) in [4.78, 5) is 23.5. The minimum Gasteiger partial charge on any atom is -0.462 e. The lowest BCUT2D eigenvalue weighted by atomic mass is 9.43. The fraction of sp³-hybridized carbons (Fsp3) is 0.913. The van der Waals surface area contributed by atoms with Crippen molar-refractivity contribution in [2.75, 3.05) is 0 Å². The van der Waals surface area contributed by atoms with E-state index in [0.717, 1.165) is 51.4 Å². The number of rotatable bonds is 2. The molecule has 0 aromatic rings. The first-order valence-electron chi connectivity index (χ1n) is 11.0. The predicted molar refractivity (Wildman–Crippen MR) is 103 cm³/mol. The van der Waals surface area contributed by atoms with Crippen molar-refractivity contribution in [1.29, 1.82) is 0 Å². The smallest absolute Gasteiger partial charge is 0.302 e. The molecule has 4 rings (SSSR count). The second-order valence-electron chi connectivity index (χ2n) is 10.6. The molecule has 0 spiro atoms. The van der Waals surface area contributed by atoms with E-state index in [2.05, 4.69) is 13.8 Å². The van der Waals surface area contributed by atoms with Gasteiger partial charge < -0.3 is 9.84 Å². The van der Waals surface area contributed by atoms with E-state index in [1.165, 1.54) is 6.92 Å². The molecule has 8 atom stereocenters. The Morgan fingerprint density at radius 2 is 1.67 bits per heavy atom. The number of esters is 1. The van der Waals surface area contributed by atoms with Gasteiger partial charge in [0, 0.05) is 18.3 Å². The Morgan fingerprint density at radius 3 is 2.33 bits per heavy atom. The Labute approximate surface area is 163 Å². The minimum atomic E-state index is -0.690. The van der Waals surface area contributed by atoms with Crippen LogP contribution in [0.3, 0.4) is 0 Å². The second-order valence-corrected chi connectivity index (χ2v) is 10.6. The van der Waals surface area contributed by atoms with Crippen LogP contribution in [-0.4, -0.2) is 28.6 Å². The van der Waals surface area contributed by atoms with E-state index in [-0.39, 0.29) is 34.6 Å².